The first kappa shape index (κ1) is 16.9. The van der Waals surface area contributed by atoms with Gasteiger partial charge in [0.1, 0.15) is 12.2 Å². The van der Waals surface area contributed by atoms with Gasteiger partial charge in [-0.1, -0.05) is 28.1 Å². The van der Waals surface area contributed by atoms with Gasteiger partial charge in [-0.3, -0.25) is 0 Å². The number of piperidine rings is 1. The molecule has 0 amide bonds. The van der Waals surface area contributed by atoms with Gasteiger partial charge in [-0.15, -0.1) is 0 Å². The van der Waals surface area contributed by atoms with Crippen LogP contribution in [0.3, 0.4) is 0 Å². The maximum absolute atomic E-state index is 12.1. The molecule has 2 fully saturated rings. The van der Waals surface area contributed by atoms with Crippen molar-refractivity contribution in [2.45, 2.75) is 50.9 Å². The summed E-state index contributed by atoms with van der Waals surface area (Å²) in [5, 5.41) is 3.51. The van der Waals surface area contributed by atoms with Gasteiger partial charge in [0, 0.05) is 23.0 Å². The van der Waals surface area contributed by atoms with E-state index in [1.165, 1.54) is 0 Å². The average molecular weight is 382 g/mol. The van der Waals surface area contributed by atoms with Crippen LogP contribution in [0.4, 0.5) is 0 Å². The number of esters is 1. The predicted molar refractivity (Wildman–Crippen MR) is 92.1 cm³/mol. The zero-order valence-electron chi connectivity index (χ0n) is 13.9. The molecular weight excluding hydrogens is 358 g/mol. The van der Waals surface area contributed by atoms with Gasteiger partial charge in [0.2, 0.25) is 0 Å². The van der Waals surface area contributed by atoms with Crippen molar-refractivity contribution in [1.82, 2.24) is 5.32 Å². The summed E-state index contributed by atoms with van der Waals surface area (Å²) >= 11 is 3.54. The number of halogens is 1. The van der Waals surface area contributed by atoms with E-state index in [1.807, 2.05) is 32.9 Å². The van der Waals surface area contributed by atoms with Crippen molar-refractivity contribution in [2.24, 2.45) is 5.92 Å². The third-order valence-corrected chi connectivity index (χ3v) is 5.11. The predicted octanol–water partition coefficient (Wildman–Crippen LogP) is 3.38. The number of hydrogen-bond acceptors (Lipinski definition) is 4. The Balaban J connectivity index is 1.79. The molecule has 0 spiro atoms. The number of benzene rings is 1. The molecule has 1 heterocycles. The van der Waals surface area contributed by atoms with E-state index in [0.717, 1.165) is 29.4 Å². The van der Waals surface area contributed by atoms with E-state index in [9.17, 15) is 4.79 Å². The van der Waals surface area contributed by atoms with Crippen molar-refractivity contribution in [2.75, 3.05) is 13.2 Å². The van der Waals surface area contributed by atoms with E-state index in [0.29, 0.717) is 12.0 Å². The molecule has 1 aliphatic heterocycles. The molecule has 1 aromatic carbocycles. The van der Waals surface area contributed by atoms with Gasteiger partial charge in [0.15, 0.2) is 0 Å². The molecule has 1 aromatic rings. The lowest BCUT2D eigenvalue weighted by molar-refractivity contribution is -0.171. The molecule has 5 heteroatoms. The highest BCUT2D eigenvalue weighted by molar-refractivity contribution is 9.10. The molecule has 4 nitrogen and oxygen atoms in total. The Kier molecular flexibility index (Phi) is 4.55. The second kappa shape index (κ2) is 6.19. The summed E-state index contributed by atoms with van der Waals surface area (Å²) in [5.74, 6) is 0.0897. The number of ether oxygens (including phenoxy) is 2. The molecule has 3 atom stereocenters. The second-order valence-corrected chi connectivity index (χ2v) is 8.43. The summed E-state index contributed by atoms with van der Waals surface area (Å²) < 4.78 is 12.7. The Morgan fingerprint density at radius 3 is 2.78 bits per heavy atom. The van der Waals surface area contributed by atoms with E-state index in [1.54, 1.807) is 0 Å². The first-order valence-corrected chi connectivity index (χ1v) is 8.93. The quantitative estimate of drug-likeness (QED) is 0.812. The van der Waals surface area contributed by atoms with Gasteiger partial charge >= 0.3 is 5.97 Å². The van der Waals surface area contributed by atoms with Crippen LogP contribution >= 0.6 is 15.9 Å². The fourth-order valence-corrected chi connectivity index (χ4v) is 4.19. The summed E-state index contributed by atoms with van der Waals surface area (Å²) in [7, 11) is 0. The maximum atomic E-state index is 12.1. The molecule has 3 unspecified atom stereocenters. The van der Waals surface area contributed by atoms with Crippen molar-refractivity contribution in [3.63, 3.8) is 0 Å². The third-order valence-electron chi connectivity index (χ3n) is 4.61. The zero-order chi connectivity index (χ0) is 16.7. The van der Waals surface area contributed by atoms with Crippen molar-refractivity contribution in [1.29, 1.82) is 0 Å². The van der Waals surface area contributed by atoms with Crippen LogP contribution in [0.1, 0.15) is 39.2 Å². The van der Waals surface area contributed by atoms with E-state index in [2.05, 4.69) is 33.4 Å². The highest BCUT2D eigenvalue weighted by atomic mass is 79.9. The third kappa shape index (κ3) is 3.62. The molecule has 1 saturated heterocycles. The molecule has 1 saturated carbocycles. The number of nitrogens with one attached hydrogen (secondary N) is 1. The van der Waals surface area contributed by atoms with Crippen molar-refractivity contribution >= 4 is 21.9 Å². The lowest BCUT2D eigenvalue weighted by atomic mass is 9.82. The molecule has 2 bridgehead atoms. The molecule has 0 aromatic heterocycles. The number of carbonyl (C=O) groups excluding carboxylic acids is 1. The topological polar surface area (TPSA) is 47.6 Å². The molecule has 0 radical (unpaired) electrons. The highest BCUT2D eigenvalue weighted by Gasteiger charge is 2.53. The Morgan fingerprint density at radius 2 is 2.22 bits per heavy atom. The Bertz CT molecular complexity index is 598. The zero-order valence-corrected chi connectivity index (χ0v) is 15.5. The minimum atomic E-state index is -0.486. The van der Waals surface area contributed by atoms with Crippen molar-refractivity contribution in [3.8, 4) is 0 Å². The van der Waals surface area contributed by atoms with Crippen molar-refractivity contribution in [3.05, 3.63) is 34.3 Å². The van der Waals surface area contributed by atoms with Crippen LogP contribution in [0.5, 0.6) is 0 Å². The summed E-state index contributed by atoms with van der Waals surface area (Å²) in [4.78, 5) is 12.1. The largest absolute Gasteiger partial charge is 0.458 e. The Labute approximate surface area is 146 Å². The van der Waals surface area contributed by atoms with Crippen LogP contribution in [0.2, 0.25) is 0 Å². The average Bonchev–Trinajstić information content (AvgIpc) is 3.04. The highest BCUT2D eigenvalue weighted by Crippen LogP contribution is 2.50. The second-order valence-electron chi connectivity index (χ2n) is 7.52. The van der Waals surface area contributed by atoms with Crippen LogP contribution in [0, 0.1) is 5.92 Å². The van der Waals surface area contributed by atoms with E-state index in [-0.39, 0.29) is 12.6 Å². The van der Waals surface area contributed by atoms with Gasteiger partial charge in [-0.2, -0.15) is 0 Å². The van der Waals surface area contributed by atoms with E-state index in [4.69, 9.17) is 9.47 Å². The van der Waals surface area contributed by atoms with Gasteiger partial charge < -0.3 is 14.8 Å². The number of rotatable bonds is 4. The summed E-state index contributed by atoms with van der Waals surface area (Å²) in [5.41, 5.74) is 0.264. The summed E-state index contributed by atoms with van der Waals surface area (Å²) in [6, 6.07) is 8.71. The van der Waals surface area contributed by atoms with Gasteiger partial charge in [-0.25, -0.2) is 4.79 Å². The first-order chi connectivity index (χ1) is 10.8. The Hall–Kier alpha value is -0.910. The molecule has 23 heavy (non-hydrogen) atoms. The molecule has 2 aliphatic rings. The minimum absolute atomic E-state index is 0.00694. The smallest absolute Gasteiger partial charge is 0.332 e. The van der Waals surface area contributed by atoms with Crippen LogP contribution in [-0.4, -0.2) is 30.8 Å². The fraction of sp³-hybridized carbons (Fsp3) is 0.611. The van der Waals surface area contributed by atoms with Crippen LogP contribution < -0.4 is 5.32 Å². The first-order valence-electron chi connectivity index (χ1n) is 8.14. The minimum Gasteiger partial charge on any atom is -0.458 e. The maximum Gasteiger partial charge on any atom is 0.332 e. The molecule has 3 rings (SSSR count). The van der Waals surface area contributed by atoms with Gasteiger partial charge in [0.05, 0.1) is 5.60 Å². The number of carbonyl (C=O) groups is 1. The van der Waals surface area contributed by atoms with E-state index >= 15 is 0 Å². The van der Waals surface area contributed by atoms with Crippen LogP contribution in [-0.2, 0) is 19.9 Å². The van der Waals surface area contributed by atoms with Crippen LogP contribution in [0.15, 0.2) is 28.7 Å². The Morgan fingerprint density at radius 1 is 1.43 bits per heavy atom. The lowest BCUT2D eigenvalue weighted by Crippen LogP contribution is -2.45. The molecule has 126 valence electrons. The van der Waals surface area contributed by atoms with Gasteiger partial charge in [0.25, 0.3) is 0 Å². The standard InChI is InChI=1S/C18H24BrNO3/c1-17(2,3)23-16(21)11-22-18(9-15-8-13(18)10-20-15)12-5-4-6-14(19)7-12/h4-7,13,15,20H,8-11H2,1-3H3. The summed E-state index contributed by atoms with van der Waals surface area (Å²) in [6.45, 7) is 6.54. The van der Waals surface area contributed by atoms with Crippen LogP contribution in [0.25, 0.3) is 0 Å². The van der Waals surface area contributed by atoms with E-state index < -0.39 is 11.2 Å². The monoisotopic (exact) mass is 381 g/mol. The fourth-order valence-electron chi connectivity index (χ4n) is 3.79. The number of hydrogen-bond donors (Lipinski definition) is 1. The number of fused-ring (bicyclic) bond motifs is 2. The molecular formula is C18H24BrNO3. The molecule has 1 N–H and O–H groups in total. The molecule has 1 aliphatic carbocycles. The summed E-state index contributed by atoms with van der Waals surface area (Å²) in [6.07, 6.45) is 2.00. The SMILES string of the molecule is CC(C)(C)OC(=O)COC1(c2cccc(Br)c2)CC2CC1CN2. The lowest BCUT2D eigenvalue weighted by Gasteiger charge is -2.38. The van der Waals surface area contributed by atoms with Crippen molar-refractivity contribution < 1.29 is 14.3 Å². The van der Waals surface area contributed by atoms with Gasteiger partial charge in [-0.05, 0) is 51.3 Å². The normalized spacial score (nSPS) is 29.7.